The standard InChI is InChI=1S/C16H11Cl2FO2/c17-10-3-6-15(14(18)7-10)21-16(20)13-8-12(13)9-1-4-11(19)5-2-9/h1-7,12-13H,8H2. The third kappa shape index (κ3) is 3.20. The highest BCUT2D eigenvalue weighted by Gasteiger charge is 2.45. The fourth-order valence-corrected chi connectivity index (χ4v) is 2.72. The number of benzene rings is 2. The van der Waals surface area contributed by atoms with Crippen LogP contribution in [-0.2, 0) is 4.79 Å². The summed E-state index contributed by atoms with van der Waals surface area (Å²) in [5.41, 5.74) is 0.945. The largest absolute Gasteiger partial charge is 0.425 e. The van der Waals surface area contributed by atoms with Crippen LogP contribution in [0, 0.1) is 11.7 Å². The van der Waals surface area contributed by atoms with Crippen molar-refractivity contribution in [2.24, 2.45) is 5.92 Å². The second kappa shape index (κ2) is 5.66. The van der Waals surface area contributed by atoms with Gasteiger partial charge in [-0.25, -0.2) is 4.39 Å². The molecule has 0 radical (unpaired) electrons. The fourth-order valence-electron chi connectivity index (χ4n) is 2.28. The predicted octanol–water partition coefficient (Wildman–Crippen LogP) is 4.84. The van der Waals surface area contributed by atoms with Gasteiger partial charge in [-0.1, -0.05) is 35.3 Å². The monoisotopic (exact) mass is 324 g/mol. The zero-order valence-corrected chi connectivity index (χ0v) is 12.4. The first-order valence-corrected chi connectivity index (χ1v) is 7.22. The summed E-state index contributed by atoms with van der Waals surface area (Å²) in [6, 6.07) is 10.9. The van der Waals surface area contributed by atoms with Gasteiger partial charge >= 0.3 is 5.97 Å². The van der Waals surface area contributed by atoms with E-state index in [1.165, 1.54) is 18.2 Å². The Labute approximate surface area is 131 Å². The van der Waals surface area contributed by atoms with E-state index in [1.807, 2.05) is 0 Å². The maximum Gasteiger partial charge on any atom is 0.315 e. The van der Waals surface area contributed by atoms with Crippen LogP contribution in [0.4, 0.5) is 4.39 Å². The lowest BCUT2D eigenvalue weighted by Gasteiger charge is -2.06. The highest BCUT2D eigenvalue weighted by atomic mass is 35.5. The molecule has 0 saturated heterocycles. The first kappa shape index (κ1) is 14.4. The van der Waals surface area contributed by atoms with Crippen LogP contribution in [0.15, 0.2) is 42.5 Å². The molecule has 1 fully saturated rings. The normalized spacial score (nSPS) is 20.1. The molecule has 0 bridgehead atoms. The summed E-state index contributed by atoms with van der Waals surface area (Å²) in [5, 5.41) is 0.783. The van der Waals surface area contributed by atoms with Gasteiger partial charge in [0.05, 0.1) is 10.9 Å². The average molecular weight is 325 g/mol. The van der Waals surface area contributed by atoms with Crippen molar-refractivity contribution in [2.45, 2.75) is 12.3 Å². The molecule has 0 heterocycles. The van der Waals surface area contributed by atoms with E-state index in [0.29, 0.717) is 22.2 Å². The molecule has 3 rings (SSSR count). The zero-order chi connectivity index (χ0) is 15.0. The summed E-state index contributed by atoms with van der Waals surface area (Å²) < 4.78 is 18.2. The molecule has 0 amide bonds. The van der Waals surface area contributed by atoms with Crippen molar-refractivity contribution in [2.75, 3.05) is 0 Å². The number of halogens is 3. The van der Waals surface area contributed by atoms with Gasteiger partial charge in [-0.2, -0.15) is 0 Å². The molecular formula is C16H11Cl2FO2. The molecule has 2 aromatic carbocycles. The molecule has 1 aliphatic rings. The minimum atomic E-state index is -0.325. The molecule has 108 valence electrons. The third-order valence-electron chi connectivity index (χ3n) is 3.50. The number of esters is 1. The van der Waals surface area contributed by atoms with Crippen LogP contribution >= 0.6 is 23.2 Å². The highest BCUT2D eigenvalue weighted by Crippen LogP contribution is 2.48. The Morgan fingerprint density at radius 3 is 2.52 bits per heavy atom. The van der Waals surface area contributed by atoms with Crippen molar-refractivity contribution in [1.82, 2.24) is 0 Å². The van der Waals surface area contributed by atoms with Gasteiger partial charge in [0.2, 0.25) is 0 Å². The lowest BCUT2D eigenvalue weighted by atomic mass is 10.1. The number of carbonyl (C=O) groups excluding carboxylic acids is 1. The van der Waals surface area contributed by atoms with Crippen LogP contribution in [0.25, 0.3) is 0 Å². The minimum Gasteiger partial charge on any atom is -0.425 e. The fraction of sp³-hybridized carbons (Fsp3) is 0.188. The van der Waals surface area contributed by atoms with Gasteiger partial charge in [-0.15, -0.1) is 0 Å². The van der Waals surface area contributed by atoms with Crippen LogP contribution < -0.4 is 4.74 Å². The molecule has 2 nitrogen and oxygen atoms in total. The highest BCUT2D eigenvalue weighted by molar-refractivity contribution is 6.35. The molecule has 0 N–H and O–H groups in total. The van der Waals surface area contributed by atoms with E-state index in [4.69, 9.17) is 27.9 Å². The number of rotatable bonds is 3. The molecule has 2 unspecified atom stereocenters. The number of hydrogen-bond acceptors (Lipinski definition) is 2. The Morgan fingerprint density at radius 2 is 1.86 bits per heavy atom. The Hall–Kier alpha value is -1.58. The maximum absolute atomic E-state index is 12.9. The summed E-state index contributed by atoms with van der Waals surface area (Å²) in [6.45, 7) is 0. The molecule has 5 heteroatoms. The quantitative estimate of drug-likeness (QED) is 0.596. The second-order valence-corrected chi connectivity index (χ2v) is 5.84. The van der Waals surface area contributed by atoms with Crippen molar-refractivity contribution in [3.05, 3.63) is 63.9 Å². The Balaban J connectivity index is 1.66. The Bertz CT molecular complexity index is 685. The summed E-state index contributed by atoms with van der Waals surface area (Å²) in [7, 11) is 0. The van der Waals surface area contributed by atoms with E-state index in [9.17, 15) is 9.18 Å². The second-order valence-electron chi connectivity index (χ2n) is 5.00. The Kier molecular flexibility index (Phi) is 3.87. The SMILES string of the molecule is O=C(Oc1ccc(Cl)cc1Cl)C1CC1c1ccc(F)cc1. The maximum atomic E-state index is 12.9. The van der Waals surface area contributed by atoms with Crippen LogP contribution in [0.3, 0.4) is 0 Å². The zero-order valence-electron chi connectivity index (χ0n) is 10.9. The van der Waals surface area contributed by atoms with Crippen molar-refractivity contribution in [3.8, 4) is 5.75 Å². The first-order chi connectivity index (χ1) is 10.0. The summed E-state index contributed by atoms with van der Waals surface area (Å²) in [6.07, 6.45) is 0.704. The molecule has 0 aromatic heterocycles. The Morgan fingerprint density at radius 1 is 1.14 bits per heavy atom. The van der Waals surface area contributed by atoms with Gasteiger partial charge in [0.25, 0.3) is 0 Å². The van der Waals surface area contributed by atoms with E-state index < -0.39 is 0 Å². The predicted molar refractivity (Wildman–Crippen MR) is 79.3 cm³/mol. The van der Waals surface area contributed by atoms with Crippen molar-refractivity contribution in [3.63, 3.8) is 0 Å². The average Bonchev–Trinajstić information content (AvgIpc) is 3.23. The van der Waals surface area contributed by atoms with E-state index in [2.05, 4.69) is 0 Å². The molecule has 0 aliphatic heterocycles. The lowest BCUT2D eigenvalue weighted by Crippen LogP contribution is -2.11. The minimum absolute atomic E-state index is 0.0872. The van der Waals surface area contributed by atoms with Crippen molar-refractivity contribution < 1.29 is 13.9 Å². The molecule has 1 aliphatic carbocycles. The van der Waals surface area contributed by atoms with Gasteiger partial charge in [-0.3, -0.25) is 4.79 Å². The lowest BCUT2D eigenvalue weighted by molar-refractivity contribution is -0.135. The molecule has 1 saturated carbocycles. The van der Waals surface area contributed by atoms with Crippen molar-refractivity contribution >= 4 is 29.2 Å². The van der Waals surface area contributed by atoms with Crippen LogP contribution in [0.2, 0.25) is 10.0 Å². The summed E-state index contributed by atoms with van der Waals surface area (Å²) >= 11 is 11.8. The molecule has 2 aromatic rings. The van der Waals surface area contributed by atoms with E-state index in [0.717, 1.165) is 5.56 Å². The van der Waals surface area contributed by atoms with Gasteiger partial charge in [-0.05, 0) is 48.2 Å². The van der Waals surface area contributed by atoms with Gasteiger partial charge in [0, 0.05) is 5.02 Å². The number of hydrogen-bond donors (Lipinski definition) is 0. The smallest absolute Gasteiger partial charge is 0.315 e. The van der Waals surface area contributed by atoms with Gasteiger partial charge in [0.1, 0.15) is 11.6 Å². The van der Waals surface area contributed by atoms with Crippen LogP contribution in [0.5, 0.6) is 5.75 Å². The van der Waals surface area contributed by atoms with Crippen molar-refractivity contribution in [1.29, 1.82) is 0 Å². The molecule has 2 atom stereocenters. The van der Waals surface area contributed by atoms with Gasteiger partial charge < -0.3 is 4.74 Å². The van der Waals surface area contributed by atoms with E-state index in [-0.39, 0.29) is 23.6 Å². The number of carbonyl (C=O) groups is 1. The molecule has 0 spiro atoms. The third-order valence-corrected chi connectivity index (χ3v) is 4.03. The first-order valence-electron chi connectivity index (χ1n) is 6.47. The topological polar surface area (TPSA) is 26.3 Å². The number of ether oxygens (including phenoxy) is 1. The molecular weight excluding hydrogens is 314 g/mol. The van der Waals surface area contributed by atoms with E-state index >= 15 is 0 Å². The molecule has 21 heavy (non-hydrogen) atoms. The van der Waals surface area contributed by atoms with E-state index in [1.54, 1.807) is 24.3 Å². The summed E-state index contributed by atoms with van der Waals surface area (Å²) in [5.74, 6) is -0.428. The summed E-state index contributed by atoms with van der Waals surface area (Å²) in [4.78, 5) is 12.1. The van der Waals surface area contributed by atoms with Crippen LogP contribution in [0.1, 0.15) is 17.9 Å². The van der Waals surface area contributed by atoms with Gasteiger partial charge in [0.15, 0.2) is 0 Å². The van der Waals surface area contributed by atoms with Crippen LogP contribution in [-0.4, -0.2) is 5.97 Å².